The van der Waals surface area contributed by atoms with E-state index in [4.69, 9.17) is 27.3 Å². The van der Waals surface area contributed by atoms with Gasteiger partial charge in [-0.05, 0) is 24.6 Å². The number of hydrogen-bond acceptors (Lipinski definition) is 4. The lowest BCUT2D eigenvalue weighted by Gasteiger charge is -2.09. The summed E-state index contributed by atoms with van der Waals surface area (Å²) in [7, 11) is 1.26. The molecule has 2 rings (SSSR count). The zero-order valence-electron chi connectivity index (χ0n) is 11.0. The molecule has 0 unspecified atom stereocenters. The molecule has 0 bridgehead atoms. The number of rotatable bonds is 2. The summed E-state index contributed by atoms with van der Waals surface area (Å²) >= 11 is 6.08. The Morgan fingerprint density at radius 2 is 2.20 bits per heavy atom. The monoisotopic (exact) mass is 289 g/mol. The Hall–Kier alpha value is -2.45. The van der Waals surface area contributed by atoms with Gasteiger partial charge in [-0.1, -0.05) is 17.7 Å². The highest BCUT2D eigenvalue weighted by molar-refractivity contribution is 6.31. The Labute approximate surface area is 121 Å². The summed E-state index contributed by atoms with van der Waals surface area (Å²) in [5, 5.41) is 9.59. The molecule has 0 aliphatic rings. The average Bonchev–Trinajstić information content (AvgIpc) is 2.78. The molecule has 0 aliphatic heterocycles. The molecule has 2 aromatic rings. The van der Waals surface area contributed by atoms with Crippen molar-refractivity contribution < 1.29 is 9.53 Å². The number of ether oxygens (including phenoxy) is 1. The lowest BCUT2D eigenvalue weighted by Crippen LogP contribution is -2.11. The van der Waals surface area contributed by atoms with Gasteiger partial charge in [0.1, 0.15) is 6.07 Å². The molecule has 5 nitrogen and oxygen atoms in total. The molecule has 102 valence electrons. The first-order valence-electron chi connectivity index (χ1n) is 5.75. The van der Waals surface area contributed by atoms with E-state index in [0.717, 1.165) is 5.56 Å². The Kier molecular flexibility index (Phi) is 3.68. The number of hydrogen-bond donors (Lipinski definition) is 1. The topological polar surface area (TPSA) is 81.0 Å². The molecule has 0 spiro atoms. The summed E-state index contributed by atoms with van der Waals surface area (Å²) in [5.74, 6) is -0.610. The number of nitriles is 1. The number of aromatic nitrogens is 1. The van der Waals surface area contributed by atoms with Gasteiger partial charge in [0.05, 0.1) is 18.4 Å². The number of anilines is 1. The number of methoxy groups -OCH3 is 1. The van der Waals surface area contributed by atoms with E-state index in [1.54, 1.807) is 12.1 Å². The minimum atomic E-state index is -0.610. The van der Waals surface area contributed by atoms with Crippen LogP contribution in [-0.4, -0.2) is 17.6 Å². The zero-order chi connectivity index (χ0) is 14.9. The van der Waals surface area contributed by atoms with Gasteiger partial charge in [0.25, 0.3) is 0 Å². The number of nitrogen functional groups attached to an aromatic ring is 1. The second kappa shape index (κ2) is 5.27. The van der Waals surface area contributed by atoms with Crippen LogP contribution in [0.2, 0.25) is 5.02 Å². The van der Waals surface area contributed by atoms with Gasteiger partial charge < -0.3 is 15.0 Å². The maximum atomic E-state index is 11.8. The van der Waals surface area contributed by atoms with E-state index in [1.807, 2.05) is 19.1 Å². The number of esters is 1. The Morgan fingerprint density at radius 1 is 1.50 bits per heavy atom. The van der Waals surface area contributed by atoms with Crippen molar-refractivity contribution in [1.29, 1.82) is 5.26 Å². The normalized spacial score (nSPS) is 10.1. The molecule has 20 heavy (non-hydrogen) atoms. The number of halogens is 1. The standard InChI is InChI=1S/C14H12ClN3O2/c1-8-3-4-10(5-11(8)15)18-7-9(6-16)12(17)13(18)14(19)20-2/h3-5,7H,17H2,1-2H3. The third-order valence-corrected chi connectivity index (χ3v) is 3.38. The van der Waals surface area contributed by atoms with Crippen molar-refractivity contribution in [2.45, 2.75) is 6.92 Å². The molecule has 0 aliphatic carbocycles. The molecule has 2 N–H and O–H groups in total. The van der Waals surface area contributed by atoms with Crippen LogP contribution >= 0.6 is 11.6 Å². The number of benzene rings is 1. The van der Waals surface area contributed by atoms with Crippen LogP contribution in [0.15, 0.2) is 24.4 Å². The first-order chi connectivity index (χ1) is 9.49. The molecule has 1 heterocycles. The number of aryl methyl sites for hydroxylation is 1. The maximum Gasteiger partial charge on any atom is 0.357 e. The smallest absolute Gasteiger partial charge is 0.357 e. The molecular weight excluding hydrogens is 278 g/mol. The molecule has 0 fully saturated rings. The Morgan fingerprint density at radius 3 is 2.75 bits per heavy atom. The fourth-order valence-electron chi connectivity index (χ4n) is 1.85. The molecule has 1 aromatic carbocycles. The van der Waals surface area contributed by atoms with E-state index in [1.165, 1.54) is 17.9 Å². The molecule has 0 saturated carbocycles. The maximum absolute atomic E-state index is 11.8. The van der Waals surface area contributed by atoms with Crippen LogP contribution in [0.3, 0.4) is 0 Å². The highest BCUT2D eigenvalue weighted by atomic mass is 35.5. The van der Waals surface area contributed by atoms with Gasteiger partial charge in [-0.2, -0.15) is 5.26 Å². The first-order valence-corrected chi connectivity index (χ1v) is 6.13. The lowest BCUT2D eigenvalue weighted by atomic mass is 10.2. The van der Waals surface area contributed by atoms with Crippen LogP contribution < -0.4 is 5.73 Å². The predicted octanol–water partition coefficient (Wildman–Crippen LogP) is 2.68. The fourth-order valence-corrected chi connectivity index (χ4v) is 2.02. The van der Waals surface area contributed by atoms with Crippen molar-refractivity contribution in [3.05, 3.63) is 46.2 Å². The number of nitrogens with two attached hydrogens (primary N) is 1. The Balaban J connectivity index is 2.70. The van der Waals surface area contributed by atoms with Gasteiger partial charge in [-0.3, -0.25) is 0 Å². The van der Waals surface area contributed by atoms with Crippen LogP contribution in [-0.2, 0) is 4.74 Å². The van der Waals surface area contributed by atoms with Gasteiger partial charge in [-0.15, -0.1) is 0 Å². The number of carbonyl (C=O) groups is 1. The van der Waals surface area contributed by atoms with Crippen molar-refractivity contribution in [3.8, 4) is 11.8 Å². The van der Waals surface area contributed by atoms with Crippen molar-refractivity contribution in [2.24, 2.45) is 0 Å². The minimum absolute atomic E-state index is 0.0936. The highest BCUT2D eigenvalue weighted by Gasteiger charge is 2.21. The van der Waals surface area contributed by atoms with E-state index in [2.05, 4.69) is 0 Å². The number of carbonyl (C=O) groups excluding carboxylic acids is 1. The Bertz CT molecular complexity index is 729. The van der Waals surface area contributed by atoms with Crippen molar-refractivity contribution in [2.75, 3.05) is 12.8 Å². The fraction of sp³-hybridized carbons (Fsp3) is 0.143. The van der Waals surface area contributed by atoms with Gasteiger partial charge in [0, 0.05) is 16.9 Å². The van der Waals surface area contributed by atoms with Gasteiger partial charge in [0.2, 0.25) is 0 Å². The van der Waals surface area contributed by atoms with Crippen LogP contribution in [0.4, 0.5) is 5.69 Å². The van der Waals surface area contributed by atoms with Crippen LogP contribution in [0.1, 0.15) is 21.6 Å². The highest BCUT2D eigenvalue weighted by Crippen LogP contribution is 2.27. The van der Waals surface area contributed by atoms with Crippen LogP contribution in [0.25, 0.3) is 5.69 Å². The van der Waals surface area contributed by atoms with Crippen molar-refractivity contribution >= 4 is 23.3 Å². The predicted molar refractivity (Wildman–Crippen MR) is 76.0 cm³/mol. The molecule has 0 atom stereocenters. The average molecular weight is 290 g/mol. The van der Waals surface area contributed by atoms with Gasteiger partial charge >= 0.3 is 5.97 Å². The van der Waals surface area contributed by atoms with E-state index >= 15 is 0 Å². The largest absolute Gasteiger partial charge is 0.464 e. The van der Waals surface area contributed by atoms with Crippen LogP contribution in [0, 0.1) is 18.3 Å². The number of nitrogens with zero attached hydrogens (tertiary/aromatic N) is 2. The zero-order valence-corrected chi connectivity index (χ0v) is 11.7. The summed E-state index contributed by atoms with van der Waals surface area (Å²) in [4.78, 5) is 11.8. The molecule has 0 radical (unpaired) electrons. The minimum Gasteiger partial charge on any atom is -0.464 e. The molecule has 0 saturated heterocycles. The third-order valence-electron chi connectivity index (χ3n) is 2.98. The molecule has 1 aromatic heterocycles. The summed E-state index contributed by atoms with van der Waals surface area (Å²) in [6, 6.07) is 7.25. The third kappa shape index (κ3) is 2.22. The lowest BCUT2D eigenvalue weighted by molar-refractivity contribution is 0.0593. The van der Waals surface area contributed by atoms with E-state index in [0.29, 0.717) is 10.7 Å². The summed E-state index contributed by atoms with van der Waals surface area (Å²) in [6.07, 6.45) is 1.49. The molecular formula is C14H12ClN3O2. The summed E-state index contributed by atoms with van der Waals surface area (Å²) < 4.78 is 6.21. The van der Waals surface area contributed by atoms with E-state index in [9.17, 15) is 4.79 Å². The second-order valence-corrected chi connectivity index (χ2v) is 4.62. The van der Waals surface area contributed by atoms with Gasteiger partial charge in [0.15, 0.2) is 5.69 Å². The van der Waals surface area contributed by atoms with Crippen LogP contribution in [0.5, 0.6) is 0 Å². The second-order valence-electron chi connectivity index (χ2n) is 4.21. The summed E-state index contributed by atoms with van der Waals surface area (Å²) in [6.45, 7) is 1.87. The molecule has 6 heteroatoms. The van der Waals surface area contributed by atoms with E-state index < -0.39 is 5.97 Å². The molecule has 0 amide bonds. The van der Waals surface area contributed by atoms with E-state index in [-0.39, 0.29) is 16.9 Å². The van der Waals surface area contributed by atoms with Crippen molar-refractivity contribution in [1.82, 2.24) is 4.57 Å². The van der Waals surface area contributed by atoms with Crippen molar-refractivity contribution in [3.63, 3.8) is 0 Å². The van der Waals surface area contributed by atoms with Gasteiger partial charge in [-0.25, -0.2) is 4.79 Å². The first kappa shape index (κ1) is 14.0. The quantitative estimate of drug-likeness (QED) is 0.862. The SMILES string of the molecule is COC(=O)c1c(N)c(C#N)cn1-c1ccc(C)c(Cl)c1. The summed E-state index contributed by atoms with van der Waals surface area (Å²) in [5.41, 5.74) is 7.78.